The molecular weight excluding hydrogens is 408 g/mol. The Kier molecular flexibility index (Phi) is 7.71. The molecule has 0 aliphatic rings. The van der Waals surface area contributed by atoms with Crippen LogP contribution in [0, 0.1) is 0 Å². The Labute approximate surface area is 188 Å². The number of hydrogen-bond acceptors (Lipinski definition) is 6. The molecular formula is C24H30N4O4. The van der Waals surface area contributed by atoms with Crippen LogP contribution >= 0.6 is 0 Å². The lowest BCUT2D eigenvalue weighted by Crippen LogP contribution is -2.31. The van der Waals surface area contributed by atoms with Crippen molar-refractivity contribution >= 4 is 5.97 Å². The maximum Gasteiger partial charge on any atom is 0.336 e. The minimum absolute atomic E-state index is 0.227. The molecule has 2 heterocycles. The lowest BCUT2D eigenvalue weighted by Gasteiger charge is -2.26. The highest BCUT2D eigenvalue weighted by molar-refractivity contribution is 5.95. The first-order chi connectivity index (χ1) is 15.5. The molecule has 0 spiro atoms. The summed E-state index contributed by atoms with van der Waals surface area (Å²) in [5.74, 6) is -0.572. The Balaban J connectivity index is 1.90. The molecule has 3 aromatic rings. The summed E-state index contributed by atoms with van der Waals surface area (Å²) in [6, 6.07) is 10.6. The first kappa shape index (κ1) is 23.6. The maximum atomic E-state index is 11.5. The smallest absolute Gasteiger partial charge is 0.336 e. The van der Waals surface area contributed by atoms with Crippen molar-refractivity contribution < 1.29 is 19.4 Å². The minimum Gasteiger partial charge on any atom is -0.478 e. The van der Waals surface area contributed by atoms with Crippen molar-refractivity contribution in [1.29, 1.82) is 0 Å². The van der Waals surface area contributed by atoms with Gasteiger partial charge in [0.2, 0.25) is 11.6 Å². The molecule has 32 heavy (non-hydrogen) atoms. The number of hydrogen-bond donors (Lipinski definition) is 1. The zero-order chi connectivity index (χ0) is 23.1. The number of carboxylic acid groups (broad SMARTS) is 1. The molecule has 0 amide bonds. The Morgan fingerprint density at radius 2 is 1.88 bits per heavy atom. The highest BCUT2D eigenvalue weighted by atomic mass is 16.7. The SMILES string of the molecule is CCCCc1nc(C(CC)(OC)OC)nn1Cc1ccc(-c2ccccc2C(=O)O)nc1. The van der Waals surface area contributed by atoms with Gasteiger partial charge in [-0.25, -0.2) is 14.5 Å². The molecule has 0 saturated carbocycles. The molecule has 0 saturated heterocycles. The van der Waals surface area contributed by atoms with E-state index in [9.17, 15) is 9.90 Å². The second-order valence-electron chi connectivity index (χ2n) is 7.53. The van der Waals surface area contributed by atoms with Gasteiger partial charge in [0.15, 0.2) is 0 Å². The highest BCUT2D eigenvalue weighted by Gasteiger charge is 2.35. The van der Waals surface area contributed by atoms with Crippen molar-refractivity contribution in [3.8, 4) is 11.3 Å². The van der Waals surface area contributed by atoms with Gasteiger partial charge in [-0.05, 0) is 24.1 Å². The number of methoxy groups -OCH3 is 2. The second kappa shape index (κ2) is 10.5. The predicted octanol–water partition coefficient (Wildman–Crippen LogP) is 4.28. The van der Waals surface area contributed by atoms with E-state index >= 15 is 0 Å². The molecule has 0 aliphatic heterocycles. The van der Waals surface area contributed by atoms with Crippen LogP contribution in [0.4, 0.5) is 0 Å². The van der Waals surface area contributed by atoms with Gasteiger partial charge in [0.1, 0.15) is 5.82 Å². The summed E-state index contributed by atoms with van der Waals surface area (Å²) in [6.07, 6.45) is 5.18. The van der Waals surface area contributed by atoms with Gasteiger partial charge in [0.05, 0.1) is 17.8 Å². The summed E-state index contributed by atoms with van der Waals surface area (Å²) < 4.78 is 13.1. The van der Waals surface area contributed by atoms with Crippen LogP contribution in [0.3, 0.4) is 0 Å². The molecule has 0 atom stereocenters. The summed E-state index contributed by atoms with van der Waals surface area (Å²) in [5, 5.41) is 14.2. The monoisotopic (exact) mass is 438 g/mol. The van der Waals surface area contributed by atoms with E-state index in [1.165, 1.54) is 0 Å². The van der Waals surface area contributed by atoms with Gasteiger partial charge < -0.3 is 14.6 Å². The molecule has 8 heteroatoms. The fourth-order valence-corrected chi connectivity index (χ4v) is 3.64. The first-order valence-electron chi connectivity index (χ1n) is 10.8. The third-order valence-electron chi connectivity index (χ3n) is 5.56. The van der Waals surface area contributed by atoms with E-state index in [-0.39, 0.29) is 5.56 Å². The van der Waals surface area contributed by atoms with Crippen LogP contribution in [0.5, 0.6) is 0 Å². The van der Waals surface area contributed by atoms with Gasteiger partial charge in [-0.3, -0.25) is 4.98 Å². The molecule has 3 rings (SSSR count). The van der Waals surface area contributed by atoms with Gasteiger partial charge in [-0.2, -0.15) is 0 Å². The average molecular weight is 439 g/mol. The van der Waals surface area contributed by atoms with Crippen LogP contribution < -0.4 is 0 Å². The van der Waals surface area contributed by atoms with Crippen LogP contribution in [0.2, 0.25) is 0 Å². The number of carboxylic acids is 1. The maximum absolute atomic E-state index is 11.5. The molecule has 0 unspecified atom stereocenters. The molecule has 0 aliphatic carbocycles. The van der Waals surface area contributed by atoms with Crippen LogP contribution in [0.25, 0.3) is 11.3 Å². The van der Waals surface area contributed by atoms with E-state index in [0.717, 1.165) is 30.7 Å². The van der Waals surface area contributed by atoms with Crippen molar-refractivity contribution in [3.05, 3.63) is 65.4 Å². The Bertz CT molecular complexity index is 1030. The van der Waals surface area contributed by atoms with Crippen LogP contribution in [-0.2, 0) is 28.2 Å². The van der Waals surface area contributed by atoms with E-state index in [4.69, 9.17) is 19.6 Å². The average Bonchev–Trinajstić information content (AvgIpc) is 3.22. The molecule has 0 radical (unpaired) electrons. The quantitative estimate of drug-likeness (QED) is 0.446. The second-order valence-corrected chi connectivity index (χ2v) is 7.53. The van der Waals surface area contributed by atoms with Gasteiger partial charge in [-0.15, -0.1) is 5.10 Å². The summed E-state index contributed by atoms with van der Waals surface area (Å²) in [4.78, 5) is 20.8. The zero-order valence-corrected chi connectivity index (χ0v) is 19.0. The third-order valence-corrected chi connectivity index (χ3v) is 5.56. The molecule has 170 valence electrons. The zero-order valence-electron chi connectivity index (χ0n) is 19.0. The number of ether oxygens (including phenoxy) is 2. The molecule has 0 fully saturated rings. The fourth-order valence-electron chi connectivity index (χ4n) is 3.64. The summed E-state index contributed by atoms with van der Waals surface area (Å²) in [7, 11) is 3.19. The van der Waals surface area contributed by atoms with Crippen LogP contribution in [-0.4, -0.2) is 45.0 Å². The lowest BCUT2D eigenvalue weighted by molar-refractivity contribution is -0.222. The fraction of sp³-hybridized carbons (Fsp3) is 0.417. The molecule has 1 aromatic carbocycles. The van der Waals surface area contributed by atoms with Crippen molar-refractivity contribution in [2.24, 2.45) is 0 Å². The van der Waals surface area contributed by atoms with E-state index in [2.05, 4.69) is 11.9 Å². The van der Waals surface area contributed by atoms with Crippen molar-refractivity contribution in [2.45, 2.75) is 51.9 Å². The Morgan fingerprint density at radius 3 is 2.47 bits per heavy atom. The first-order valence-corrected chi connectivity index (χ1v) is 10.8. The topological polar surface area (TPSA) is 99.4 Å². The van der Waals surface area contributed by atoms with Gasteiger partial charge in [-0.1, -0.05) is 44.5 Å². The number of carbonyl (C=O) groups is 1. The van der Waals surface area contributed by atoms with E-state index in [1.54, 1.807) is 44.7 Å². The van der Waals surface area contributed by atoms with E-state index < -0.39 is 11.8 Å². The molecule has 1 N–H and O–H groups in total. The number of aromatic nitrogens is 4. The Morgan fingerprint density at radius 1 is 1.12 bits per heavy atom. The largest absolute Gasteiger partial charge is 0.478 e. The number of aromatic carboxylic acids is 1. The number of benzene rings is 1. The number of pyridine rings is 1. The summed E-state index contributed by atoms with van der Waals surface area (Å²) >= 11 is 0. The van der Waals surface area contributed by atoms with Gasteiger partial charge in [0.25, 0.3) is 0 Å². The van der Waals surface area contributed by atoms with Crippen LogP contribution in [0.1, 0.15) is 60.7 Å². The summed E-state index contributed by atoms with van der Waals surface area (Å²) in [6.45, 7) is 4.60. The lowest BCUT2D eigenvalue weighted by atomic mass is 10.0. The molecule has 2 aromatic heterocycles. The minimum atomic E-state index is -0.977. The standard InChI is InChI=1S/C24H30N4O4/c1-5-7-12-21-26-23(24(6-2,31-3)32-4)27-28(21)16-17-13-14-20(25-15-17)18-10-8-9-11-19(18)22(29)30/h8-11,13-15H,5-7,12,16H2,1-4H3,(H,29,30). The number of aryl methyl sites for hydroxylation is 1. The third kappa shape index (κ3) is 4.87. The highest BCUT2D eigenvalue weighted by Crippen LogP contribution is 2.28. The van der Waals surface area contributed by atoms with E-state index in [1.807, 2.05) is 23.7 Å². The van der Waals surface area contributed by atoms with Gasteiger partial charge in [0, 0.05) is 38.8 Å². The van der Waals surface area contributed by atoms with Crippen molar-refractivity contribution in [3.63, 3.8) is 0 Å². The van der Waals surface area contributed by atoms with E-state index in [0.29, 0.717) is 30.0 Å². The summed E-state index contributed by atoms with van der Waals surface area (Å²) in [5.41, 5.74) is 2.37. The van der Waals surface area contributed by atoms with Gasteiger partial charge >= 0.3 is 5.97 Å². The Hall–Kier alpha value is -3.10. The van der Waals surface area contributed by atoms with Crippen molar-refractivity contribution in [2.75, 3.05) is 14.2 Å². The number of nitrogens with zero attached hydrogens (tertiary/aromatic N) is 4. The molecule has 0 bridgehead atoms. The van der Waals surface area contributed by atoms with Crippen molar-refractivity contribution in [1.82, 2.24) is 19.7 Å². The molecule has 8 nitrogen and oxygen atoms in total. The number of unbranched alkanes of at least 4 members (excludes halogenated alkanes) is 1. The number of rotatable bonds is 11. The van der Waals surface area contributed by atoms with Crippen LogP contribution in [0.15, 0.2) is 42.6 Å². The predicted molar refractivity (Wildman–Crippen MR) is 120 cm³/mol. The normalized spacial score (nSPS) is 11.6.